The molecular formula is C15H14BrClN2O2. The summed E-state index contributed by atoms with van der Waals surface area (Å²) < 4.78 is 5.92. The lowest BCUT2D eigenvalue weighted by molar-refractivity contribution is 0.0950. The molecule has 0 unspecified atom stereocenters. The van der Waals surface area contributed by atoms with Gasteiger partial charge in [0, 0.05) is 27.8 Å². The molecule has 2 aromatic rings. The Morgan fingerprint density at radius 2 is 2.10 bits per heavy atom. The summed E-state index contributed by atoms with van der Waals surface area (Å²) >= 11 is 9.20. The Hall–Kier alpha value is -1.72. The molecule has 21 heavy (non-hydrogen) atoms. The third-order valence-electron chi connectivity index (χ3n) is 2.93. The van der Waals surface area contributed by atoms with Gasteiger partial charge in [0.05, 0.1) is 12.1 Å². The van der Waals surface area contributed by atoms with Crippen molar-refractivity contribution >= 4 is 39.1 Å². The molecule has 0 radical (unpaired) electrons. The van der Waals surface area contributed by atoms with Crippen LogP contribution >= 0.6 is 27.5 Å². The molecule has 0 heterocycles. The predicted molar refractivity (Wildman–Crippen MR) is 87.7 cm³/mol. The lowest BCUT2D eigenvalue weighted by Crippen LogP contribution is -2.23. The van der Waals surface area contributed by atoms with Crippen LogP contribution in [0.5, 0.6) is 5.75 Å². The Morgan fingerprint density at radius 1 is 1.33 bits per heavy atom. The summed E-state index contributed by atoms with van der Waals surface area (Å²) in [4.78, 5) is 12.1. The Kier molecular flexibility index (Phi) is 5.09. The van der Waals surface area contributed by atoms with Crippen molar-refractivity contribution in [1.82, 2.24) is 5.32 Å². The maximum Gasteiger partial charge on any atom is 0.251 e. The number of carbonyl (C=O) groups excluding carboxylic acids is 1. The van der Waals surface area contributed by atoms with Gasteiger partial charge in [-0.15, -0.1) is 0 Å². The Labute approximate surface area is 136 Å². The van der Waals surface area contributed by atoms with Gasteiger partial charge < -0.3 is 15.8 Å². The Morgan fingerprint density at radius 3 is 2.76 bits per heavy atom. The number of rotatable bonds is 4. The molecule has 2 rings (SSSR count). The van der Waals surface area contributed by atoms with Crippen LogP contribution in [0.3, 0.4) is 0 Å². The first-order chi connectivity index (χ1) is 10.0. The first-order valence-electron chi connectivity index (χ1n) is 6.17. The summed E-state index contributed by atoms with van der Waals surface area (Å²) in [6.45, 7) is 0.327. The number of benzene rings is 2. The Bertz CT molecular complexity index is 677. The molecule has 2 aromatic carbocycles. The van der Waals surface area contributed by atoms with Crippen molar-refractivity contribution in [1.29, 1.82) is 0 Å². The number of nitrogens with two attached hydrogens (primary N) is 1. The molecule has 0 fully saturated rings. The van der Waals surface area contributed by atoms with Gasteiger partial charge in [0.15, 0.2) is 0 Å². The van der Waals surface area contributed by atoms with E-state index in [1.807, 2.05) is 0 Å². The highest BCUT2D eigenvalue weighted by molar-refractivity contribution is 9.10. The lowest BCUT2D eigenvalue weighted by atomic mass is 10.1. The highest BCUT2D eigenvalue weighted by atomic mass is 79.9. The maximum absolute atomic E-state index is 12.1. The van der Waals surface area contributed by atoms with E-state index < -0.39 is 0 Å². The third kappa shape index (κ3) is 3.89. The van der Waals surface area contributed by atoms with Crippen LogP contribution in [-0.4, -0.2) is 13.0 Å². The Balaban J connectivity index is 2.10. The molecule has 1 amide bonds. The first kappa shape index (κ1) is 15.7. The highest BCUT2D eigenvalue weighted by Gasteiger charge is 2.09. The second-order valence-corrected chi connectivity index (χ2v) is 5.64. The van der Waals surface area contributed by atoms with E-state index in [-0.39, 0.29) is 5.91 Å². The topological polar surface area (TPSA) is 64.3 Å². The van der Waals surface area contributed by atoms with Crippen molar-refractivity contribution in [2.24, 2.45) is 0 Å². The minimum Gasteiger partial charge on any atom is -0.496 e. The number of ether oxygens (including phenoxy) is 1. The molecule has 0 aliphatic rings. The van der Waals surface area contributed by atoms with Crippen molar-refractivity contribution in [2.45, 2.75) is 6.54 Å². The van der Waals surface area contributed by atoms with Gasteiger partial charge in [-0.3, -0.25) is 4.79 Å². The summed E-state index contributed by atoms with van der Waals surface area (Å²) in [5.41, 5.74) is 7.71. The van der Waals surface area contributed by atoms with E-state index in [4.69, 9.17) is 22.1 Å². The standard InChI is InChI=1S/C15H14BrClN2O2/c1-21-14-5-3-11(18)6-10(14)8-19-15(20)9-2-4-13(17)12(16)7-9/h2-7H,8,18H2,1H3,(H,19,20). The molecule has 0 aliphatic carbocycles. The van der Waals surface area contributed by atoms with Crippen LogP contribution in [0.2, 0.25) is 5.02 Å². The van der Waals surface area contributed by atoms with Gasteiger partial charge in [-0.2, -0.15) is 0 Å². The van der Waals surface area contributed by atoms with Crippen molar-refractivity contribution in [3.8, 4) is 5.75 Å². The van der Waals surface area contributed by atoms with E-state index in [0.717, 1.165) is 5.56 Å². The van der Waals surface area contributed by atoms with E-state index in [1.54, 1.807) is 43.5 Å². The minimum atomic E-state index is -0.197. The molecule has 0 aromatic heterocycles. The molecular weight excluding hydrogens is 356 g/mol. The normalized spacial score (nSPS) is 10.2. The largest absolute Gasteiger partial charge is 0.496 e. The van der Waals surface area contributed by atoms with E-state index in [2.05, 4.69) is 21.2 Å². The molecule has 0 saturated carbocycles. The second-order valence-electron chi connectivity index (χ2n) is 4.38. The van der Waals surface area contributed by atoms with Crippen LogP contribution in [0.15, 0.2) is 40.9 Å². The molecule has 0 atom stereocenters. The number of nitrogens with one attached hydrogen (secondary N) is 1. The summed E-state index contributed by atoms with van der Waals surface area (Å²) in [6.07, 6.45) is 0. The van der Waals surface area contributed by atoms with Crippen LogP contribution in [0, 0.1) is 0 Å². The summed E-state index contributed by atoms with van der Waals surface area (Å²) in [5.74, 6) is 0.485. The van der Waals surface area contributed by atoms with Gasteiger partial charge in [-0.05, 0) is 52.3 Å². The van der Waals surface area contributed by atoms with Crippen LogP contribution < -0.4 is 15.8 Å². The highest BCUT2D eigenvalue weighted by Crippen LogP contribution is 2.24. The van der Waals surface area contributed by atoms with E-state index >= 15 is 0 Å². The van der Waals surface area contributed by atoms with Crippen molar-refractivity contribution in [3.05, 3.63) is 57.0 Å². The van der Waals surface area contributed by atoms with Crippen molar-refractivity contribution in [3.63, 3.8) is 0 Å². The SMILES string of the molecule is COc1ccc(N)cc1CNC(=O)c1ccc(Cl)c(Br)c1. The number of carbonyl (C=O) groups is 1. The van der Waals surface area contributed by atoms with Crippen LogP contribution in [-0.2, 0) is 6.54 Å². The fraction of sp³-hybridized carbons (Fsp3) is 0.133. The first-order valence-corrected chi connectivity index (χ1v) is 7.34. The summed E-state index contributed by atoms with van der Waals surface area (Å²) in [5, 5.41) is 3.38. The van der Waals surface area contributed by atoms with E-state index in [0.29, 0.717) is 33.0 Å². The third-order valence-corrected chi connectivity index (χ3v) is 4.14. The lowest BCUT2D eigenvalue weighted by Gasteiger charge is -2.11. The predicted octanol–water partition coefficient (Wildman–Crippen LogP) is 3.62. The van der Waals surface area contributed by atoms with Gasteiger partial charge in [0.25, 0.3) is 5.91 Å². The zero-order valence-corrected chi connectivity index (χ0v) is 13.7. The molecule has 0 saturated heterocycles. The van der Waals surface area contributed by atoms with Gasteiger partial charge in [0.1, 0.15) is 5.75 Å². The number of nitrogen functional groups attached to an aromatic ring is 1. The van der Waals surface area contributed by atoms with Crippen molar-refractivity contribution in [2.75, 3.05) is 12.8 Å². The van der Waals surface area contributed by atoms with Crippen molar-refractivity contribution < 1.29 is 9.53 Å². The van der Waals surface area contributed by atoms with Gasteiger partial charge in [-0.1, -0.05) is 11.6 Å². The number of halogens is 2. The minimum absolute atomic E-state index is 0.197. The average molecular weight is 370 g/mol. The van der Waals surface area contributed by atoms with Gasteiger partial charge in [-0.25, -0.2) is 0 Å². The molecule has 0 spiro atoms. The van der Waals surface area contributed by atoms with Gasteiger partial charge in [0.2, 0.25) is 0 Å². The fourth-order valence-electron chi connectivity index (χ4n) is 1.85. The maximum atomic E-state index is 12.1. The smallest absolute Gasteiger partial charge is 0.251 e. The van der Waals surface area contributed by atoms with Crippen LogP contribution in [0.25, 0.3) is 0 Å². The van der Waals surface area contributed by atoms with E-state index in [1.165, 1.54) is 0 Å². The monoisotopic (exact) mass is 368 g/mol. The second kappa shape index (κ2) is 6.83. The molecule has 0 aliphatic heterocycles. The molecule has 3 N–H and O–H groups in total. The summed E-state index contributed by atoms with van der Waals surface area (Å²) in [7, 11) is 1.58. The molecule has 0 bridgehead atoms. The molecule has 4 nitrogen and oxygen atoms in total. The fourth-order valence-corrected chi connectivity index (χ4v) is 2.35. The van der Waals surface area contributed by atoms with E-state index in [9.17, 15) is 4.79 Å². The quantitative estimate of drug-likeness (QED) is 0.809. The number of amides is 1. The van der Waals surface area contributed by atoms with Crippen LogP contribution in [0.1, 0.15) is 15.9 Å². The number of methoxy groups -OCH3 is 1. The number of anilines is 1. The number of hydrogen-bond donors (Lipinski definition) is 2. The zero-order valence-electron chi connectivity index (χ0n) is 11.3. The van der Waals surface area contributed by atoms with Crippen LogP contribution in [0.4, 0.5) is 5.69 Å². The van der Waals surface area contributed by atoms with Gasteiger partial charge >= 0.3 is 0 Å². The average Bonchev–Trinajstić information content (AvgIpc) is 2.47. The number of hydrogen-bond acceptors (Lipinski definition) is 3. The molecule has 110 valence electrons. The molecule has 6 heteroatoms. The zero-order chi connectivity index (χ0) is 15.4. The summed E-state index contributed by atoms with van der Waals surface area (Å²) in [6, 6.07) is 10.3.